The topological polar surface area (TPSA) is 65.8 Å². The van der Waals surface area contributed by atoms with Gasteiger partial charge in [-0.2, -0.15) is 4.31 Å². The van der Waals surface area contributed by atoms with E-state index in [4.69, 9.17) is 16.6 Å². The third-order valence-electron chi connectivity index (χ3n) is 4.03. The number of furan rings is 1. The molecule has 1 aliphatic rings. The minimum atomic E-state index is -4.02. The SMILES string of the molecule is O=S(=O)(c1ccc(F)cc1F)N1CCN(C(=S)NCc2ccco2)CC1. The van der Waals surface area contributed by atoms with Gasteiger partial charge in [0.15, 0.2) is 5.11 Å². The molecule has 2 aromatic rings. The average molecular weight is 401 g/mol. The Morgan fingerprint density at radius 1 is 1.19 bits per heavy atom. The molecule has 1 N–H and O–H groups in total. The lowest BCUT2D eigenvalue weighted by Gasteiger charge is -2.35. The van der Waals surface area contributed by atoms with Crippen LogP contribution in [0.1, 0.15) is 5.76 Å². The van der Waals surface area contributed by atoms with E-state index in [0.29, 0.717) is 30.8 Å². The fourth-order valence-corrected chi connectivity index (χ4v) is 4.37. The quantitative estimate of drug-likeness (QED) is 0.790. The lowest BCUT2D eigenvalue weighted by atomic mass is 10.3. The zero-order valence-corrected chi connectivity index (χ0v) is 15.3. The molecule has 140 valence electrons. The van der Waals surface area contributed by atoms with Gasteiger partial charge in [-0.3, -0.25) is 0 Å². The van der Waals surface area contributed by atoms with Gasteiger partial charge in [-0.25, -0.2) is 17.2 Å². The Morgan fingerprint density at radius 2 is 1.92 bits per heavy atom. The van der Waals surface area contributed by atoms with Gasteiger partial charge in [0.1, 0.15) is 22.3 Å². The van der Waals surface area contributed by atoms with Crippen LogP contribution in [0.2, 0.25) is 0 Å². The van der Waals surface area contributed by atoms with Crippen LogP contribution >= 0.6 is 12.2 Å². The van der Waals surface area contributed by atoms with E-state index < -0.39 is 26.6 Å². The van der Waals surface area contributed by atoms with Crippen molar-refractivity contribution in [2.75, 3.05) is 26.2 Å². The molecule has 0 aliphatic carbocycles. The minimum Gasteiger partial charge on any atom is -0.467 e. The molecule has 2 heterocycles. The maximum absolute atomic E-state index is 13.8. The third-order valence-corrected chi connectivity index (χ3v) is 6.37. The molecule has 26 heavy (non-hydrogen) atoms. The van der Waals surface area contributed by atoms with Gasteiger partial charge < -0.3 is 14.6 Å². The normalized spacial score (nSPS) is 15.8. The highest BCUT2D eigenvalue weighted by molar-refractivity contribution is 7.89. The molecule has 1 fully saturated rings. The zero-order chi connectivity index (χ0) is 18.7. The smallest absolute Gasteiger partial charge is 0.246 e. The lowest BCUT2D eigenvalue weighted by Crippen LogP contribution is -2.52. The first kappa shape index (κ1) is 18.7. The van der Waals surface area contributed by atoms with E-state index >= 15 is 0 Å². The summed E-state index contributed by atoms with van der Waals surface area (Å²) in [5.74, 6) is -1.18. The highest BCUT2D eigenvalue weighted by Gasteiger charge is 2.31. The molecule has 0 bridgehead atoms. The number of nitrogens with one attached hydrogen (secondary N) is 1. The molecule has 1 aromatic carbocycles. The summed E-state index contributed by atoms with van der Waals surface area (Å²) in [7, 11) is -4.02. The van der Waals surface area contributed by atoms with Crippen LogP contribution in [-0.2, 0) is 16.6 Å². The molecule has 0 amide bonds. The van der Waals surface area contributed by atoms with Gasteiger partial charge in [-0.15, -0.1) is 0 Å². The highest BCUT2D eigenvalue weighted by atomic mass is 32.2. The van der Waals surface area contributed by atoms with Gasteiger partial charge in [0.25, 0.3) is 0 Å². The number of rotatable bonds is 4. The second kappa shape index (κ2) is 7.68. The molecule has 3 rings (SSSR count). The van der Waals surface area contributed by atoms with E-state index in [1.807, 2.05) is 11.0 Å². The average Bonchev–Trinajstić information content (AvgIpc) is 3.13. The van der Waals surface area contributed by atoms with Crippen molar-refractivity contribution in [3.63, 3.8) is 0 Å². The Bertz CT molecular complexity index is 880. The molecule has 6 nitrogen and oxygen atoms in total. The minimum absolute atomic E-state index is 0.154. The summed E-state index contributed by atoms with van der Waals surface area (Å²) in [5.41, 5.74) is 0. The number of halogens is 2. The second-order valence-corrected chi connectivity index (χ2v) is 8.00. The number of nitrogens with zero attached hydrogens (tertiary/aromatic N) is 2. The molecule has 0 saturated carbocycles. The van der Waals surface area contributed by atoms with Crippen LogP contribution in [0.3, 0.4) is 0 Å². The van der Waals surface area contributed by atoms with Crippen LogP contribution in [-0.4, -0.2) is 48.9 Å². The maximum Gasteiger partial charge on any atom is 0.246 e. The summed E-state index contributed by atoms with van der Waals surface area (Å²) < 4.78 is 58.4. The summed E-state index contributed by atoms with van der Waals surface area (Å²) in [6.07, 6.45) is 1.57. The van der Waals surface area contributed by atoms with Gasteiger partial charge in [-0.05, 0) is 36.5 Å². The van der Waals surface area contributed by atoms with Crippen LogP contribution in [0.4, 0.5) is 8.78 Å². The van der Waals surface area contributed by atoms with E-state index in [0.717, 1.165) is 17.9 Å². The molecule has 1 aromatic heterocycles. The zero-order valence-electron chi connectivity index (χ0n) is 13.7. The molecule has 1 aliphatic heterocycles. The predicted octanol–water partition coefficient (Wildman–Crippen LogP) is 1.94. The lowest BCUT2D eigenvalue weighted by molar-refractivity contribution is 0.263. The molecular weight excluding hydrogens is 384 g/mol. The van der Waals surface area contributed by atoms with Crippen molar-refractivity contribution >= 4 is 27.4 Å². The Balaban J connectivity index is 1.59. The molecule has 0 spiro atoms. The van der Waals surface area contributed by atoms with Crippen LogP contribution in [0, 0.1) is 11.6 Å². The summed E-state index contributed by atoms with van der Waals surface area (Å²) >= 11 is 5.31. The largest absolute Gasteiger partial charge is 0.467 e. The Hall–Kier alpha value is -2.04. The monoisotopic (exact) mass is 401 g/mol. The van der Waals surface area contributed by atoms with Crippen molar-refractivity contribution in [2.24, 2.45) is 0 Å². The predicted molar refractivity (Wildman–Crippen MR) is 94.8 cm³/mol. The van der Waals surface area contributed by atoms with E-state index in [9.17, 15) is 17.2 Å². The van der Waals surface area contributed by atoms with Gasteiger partial charge in [0.2, 0.25) is 10.0 Å². The summed E-state index contributed by atoms with van der Waals surface area (Å²) in [5, 5.41) is 3.54. The molecule has 10 heteroatoms. The van der Waals surface area contributed by atoms with Crippen molar-refractivity contribution in [3.8, 4) is 0 Å². The van der Waals surface area contributed by atoms with Crippen LogP contribution in [0.25, 0.3) is 0 Å². The standard InChI is InChI=1S/C16H17F2N3O3S2/c17-12-3-4-15(14(18)10-12)26(22,23)21-7-5-20(6-8-21)16(25)19-11-13-2-1-9-24-13/h1-4,9-10H,5-8,11H2,(H,19,25). The first-order chi connectivity index (χ1) is 12.4. The molecule has 0 unspecified atom stereocenters. The second-order valence-electron chi connectivity index (χ2n) is 5.70. The van der Waals surface area contributed by atoms with Gasteiger partial charge in [0.05, 0.1) is 12.8 Å². The number of hydrogen-bond acceptors (Lipinski definition) is 4. The van der Waals surface area contributed by atoms with E-state index in [1.54, 1.807) is 12.3 Å². The Labute approximate surface area is 155 Å². The van der Waals surface area contributed by atoms with E-state index in [2.05, 4.69) is 5.32 Å². The van der Waals surface area contributed by atoms with Gasteiger partial charge >= 0.3 is 0 Å². The van der Waals surface area contributed by atoms with Crippen LogP contribution in [0.15, 0.2) is 45.9 Å². The highest BCUT2D eigenvalue weighted by Crippen LogP contribution is 2.21. The van der Waals surface area contributed by atoms with E-state index in [-0.39, 0.29) is 13.1 Å². The van der Waals surface area contributed by atoms with Crippen LogP contribution in [0.5, 0.6) is 0 Å². The number of sulfonamides is 1. The van der Waals surface area contributed by atoms with Gasteiger partial charge in [-0.1, -0.05) is 0 Å². The molecule has 0 radical (unpaired) electrons. The van der Waals surface area contributed by atoms with Crippen molar-refractivity contribution < 1.29 is 21.6 Å². The number of thiocarbonyl (C=S) groups is 1. The van der Waals surface area contributed by atoms with Crippen molar-refractivity contribution in [2.45, 2.75) is 11.4 Å². The Kier molecular flexibility index (Phi) is 5.54. The fraction of sp³-hybridized carbons (Fsp3) is 0.312. The van der Waals surface area contributed by atoms with Crippen molar-refractivity contribution in [3.05, 3.63) is 54.0 Å². The summed E-state index contributed by atoms with van der Waals surface area (Å²) in [4.78, 5) is 1.32. The third kappa shape index (κ3) is 4.02. The van der Waals surface area contributed by atoms with Crippen molar-refractivity contribution in [1.82, 2.24) is 14.5 Å². The van der Waals surface area contributed by atoms with Crippen molar-refractivity contribution in [1.29, 1.82) is 0 Å². The number of piperazine rings is 1. The molecule has 0 atom stereocenters. The summed E-state index contributed by atoms with van der Waals surface area (Å²) in [6.45, 7) is 1.48. The fourth-order valence-electron chi connectivity index (χ4n) is 2.64. The molecule has 1 saturated heterocycles. The Morgan fingerprint density at radius 3 is 2.54 bits per heavy atom. The summed E-state index contributed by atoms with van der Waals surface area (Å²) in [6, 6.07) is 6.04. The number of hydrogen-bond donors (Lipinski definition) is 1. The van der Waals surface area contributed by atoms with Gasteiger partial charge in [0, 0.05) is 32.2 Å². The van der Waals surface area contributed by atoms with Crippen LogP contribution < -0.4 is 5.32 Å². The maximum atomic E-state index is 13.8. The van der Waals surface area contributed by atoms with E-state index in [1.165, 1.54) is 4.31 Å². The first-order valence-corrected chi connectivity index (χ1v) is 9.73. The first-order valence-electron chi connectivity index (χ1n) is 7.88. The molecular formula is C16H17F2N3O3S2. The number of benzene rings is 1.